The molecule has 15 nitrogen and oxygen atoms in total. The fraction of sp³-hybridized carbons (Fsp3) is 0.303. The quantitative estimate of drug-likeness (QED) is 0.186. The Morgan fingerprint density at radius 2 is 1.69 bits per heavy atom. The number of carbonyl (C=O) groups excluding carboxylic acids is 2. The summed E-state index contributed by atoms with van der Waals surface area (Å²) in [6.45, 7) is 4.12. The number of amides is 2. The maximum atomic E-state index is 13.4. The molecule has 3 N–H and O–H groups in total. The Hall–Kier alpha value is -5.64. The monoisotopic (exact) mass is 681 g/mol. The molecule has 2 fully saturated rings. The van der Waals surface area contributed by atoms with Crippen molar-refractivity contribution in [3.8, 4) is 11.4 Å². The van der Waals surface area contributed by atoms with Crippen molar-refractivity contribution in [1.82, 2.24) is 44.6 Å². The standard InChI is InChI=1S/C33H35N11O4S/c1-2-14-34-31(45)27-20-28(37-29-19-26(39-40-29)22-8-9-22)38-33(36-27)43-17-15-42(16-18-43)32(46)24-10-12-25(13-11-24)49(47,48)44-21-35-30(41-44)23-6-4-3-5-7-23/h3-7,10-13,19-22H,2,8-9,14-18H2,1H3,(H,34,45)(H2,36,37,38,39,40). The number of nitrogens with zero attached hydrogens (tertiary/aromatic N) is 8. The van der Waals surface area contributed by atoms with Crippen LogP contribution in [0, 0.1) is 0 Å². The summed E-state index contributed by atoms with van der Waals surface area (Å²) in [4.78, 5) is 43.3. The zero-order chi connectivity index (χ0) is 34.0. The highest BCUT2D eigenvalue weighted by molar-refractivity contribution is 7.89. The number of hydrogen-bond donors (Lipinski definition) is 3. The van der Waals surface area contributed by atoms with Crippen molar-refractivity contribution in [2.24, 2.45) is 0 Å². The normalized spacial score (nSPS) is 14.9. The maximum Gasteiger partial charge on any atom is 0.284 e. The number of benzene rings is 2. The molecular weight excluding hydrogens is 647 g/mol. The molecule has 2 amide bonds. The third-order valence-corrected chi connectivity index (χ3v) is 9.89. The minimum absolute atomic E-state index is 0.0126. The molecule has 2 aromatic carbocycles. The number of aromatic amines is 1. The molecule has 49 heavy (non-hydrogen) atoms. The van der Waals surface area contributed by atoms with Crippen LogP contribution in [0.2, 0.25) is 0 Å². The third-order valence-electron chi connectivity index (χ3n) is 8.35. The summed E-state index contributed by atoms with van der Waals surface area (Å²) in [5.74, 6) is 1.70. The van der Waals surface area contributed by atoms with Crippen LogP contribution in [0.3, 0.4) is 0 Å². The molecule has 0 radical (unpaired) electrons. The second-order valence-corrected chi connectivity index (χ2v) is 13.7. The van der Waals surface area contributed by atoms with E-state index >= 15 is 0 Å². The van der Waals surface area contributed by atoms with Gasteiger partial charge in [-0.15, -0.1) is 9.19 Å². The minimum atomic E-state index is -4.01. The molecule has 2 aliphatic rings. The zero-order valence-corrected chi connectivity index (χ0v) is 27.6. The van der Waals surface area contributed by atoms with E-state index in [4.69, 9.17) is 0 Å². The van der Waals surface area contributed by atoms with Crippen molar-refractivity contribution in [3.05, 3.63) is 90.0 Å². The van der Waals surface area contributed by atoms with Gasteiger partial charge in [-0.05, 0) is 43.5 Å². The average molecular weight is 682 g/mol. The molecule has 0 unspecified atom stereocenters. The topological polar surface area (TPSA) is 184 Å². The Morgan fingerprint density at radius 1 is 0.939 bits per heavy atom. The lowest BCUT2D eigenvalue weighted by atomic mass is 10.2. The predicted molar refractivity (Wildman–Crippen MR) is 181 cm³/mol. The number of rotatable bonds is 11. The van der Waals surface area contributed by atoms with Crippen LogP contribution in [-0.2, 0) is 10.0 Å². The van der Waals surface area contributed by atoms with Gasteiger partial charge in [-0.25, -0.2) is 9.97 Å². The van der Waals surface area contributed by atoms with E-state index in [0.717, 1.165) is 35.4 Å². The largest absolute Gasteiger partial charge is 0.351 e. The smallest absolute Gasteiger partial charge is 0.284 e. The second kappa shape index (κ2) is 13.5. The molecule has 16 heteroatoms. The second-order valence-electron chi connectivity index (χ2n) is 11.9. The zero-order valence-electron chi connectivity index (χ0n) is 26.8. The van der Waals surface area contributed by atoms with E-state index in [-0.39, 0.29) is 22.4 Å². The van der Waals surface area contributed by atoms with Gasteiger partial charge in [0, 0.05) is 67.6 Å². The molecule has 252 valence electrons. The molecule has 1 saturated carbocycles. The Kier molecular flexibility index (Phi) is 8.78. The van der Waals surface area contributed by atoms with Crippen LogP contribution in [0.4, 0.5) is 17.6 Å². The van der Waals surface area contributed by atoms with Crippen molar-refractivity contribution >= 4 is 39.4 Å². The summed E-state index contributed by atoms with van der Waals surface area (Å²) in [7, 11) is -4.01. The summed E-state index contributed by atoms with van der Waals surface area (Å²) < 4.78 is 27.3. The first-order valence-electron chi connectivity index (χ1n) is 16.1. The lowest BCUT2D eigenvalue weighted by molar-refractivity contribution is 0.0746. The third kappa shape index (κ3) is 6.99. The lowest BCUT2D eigenvalue weighted by Gasteiger charge is -2.35. The highest BCUT2D eigenvalue weighted by Crippen LogP contribution is 2.39. The average Bonchev–Trinajstić information content (AvgIpc) is 3.66. The predicted octanol–water partition coefficient (Wildman–Crippen LogP) is 3.42. The summed E-state index contributed by atoms with van der Waals surface area (Å²) >= 11 is 0. The van der Waals surface area contributed by atoms with Crippen molar-refractivity contribution in [2.75, 3.05) is 42.9 Å². The maximum absolute atomic E-state index is 13.4. The van der Waals surface area contributed by atoms with Crippen LogP contribution in [0.1, 0.15) is 58.6 Å². The fourth-order valence-electron chi connectivity index (χ4n) is 5.47. The molecule has 0 spiro atoms. The van der Waals surface area contributed by atoms with Crippen LogP contribution in [0.15, 0.2) is 78.0 Å². The summed E-state index contributed by atoms with van der Waals surface area (Å²) in [6.07, 6.45) is 4.23. The molecule has 0 bridgehead atoms. The number of aromatic nitrogens is 7. The van der Waals surface area contributed by atoms with E-state index in [1.54, 1.807) is 23.1 Å². The lowest BCUT2D eigenvalue weighted by Crippen LogP contribution is -2.49. The molecule has 1 aliphatic carbocycles. The Labute approximate surface area is 282 Å². The first-order chi connectivity index (χ1) is 23.8. The van der Waals surface area contributed by atoms with Crippen molar-refractivity contribution in [2.45, 2.75) is 37.0 Å². The van der Waals surface area contributed by atoms with Gasteiger partial charge in [-0.2, -0.15) is 18.5 Å². The van der Waals surface area contributed by atoms with Crippen molar-refractivity contribution < 1.29 is 18.0 Å². The highest BCUT2D eigenvalue weighted by atomic mass is 32.2. The number of nitrogens with one attached hydrogen (secondary N) is 3. The Morgan fingerprint density at radius 3 is 2.41 bits per heavy atom. The van der Waals surface area contributed by atoms with E-state index in [1.807, 2.05) is 36.1 Å². The number of carbonyl (C=O) groups is 2. The van der Waals surface area contributed by atoms with Gasteiger partial charge in [0.15, 0.2) is 11.6 Å². The SMILES string of the molecule is CCCNC(=O)c1cc(Nc2cc(C3CC3)[nH]n2)nc(N2CCN(C(=O)c3ccc(S(=O)(=O)n4cnc(-c5ccccc5)n4)cc3)CC2)n1. The first-order valence-corrected chi connectivity index (χ1v) is 17.6. The summed E-state index contributed by atoms with van der Waals surface area (Å²) in [6, 6.07) is 18.4. The number of anilines is 3. The molecular formula is C33H35N11O4S. The summed E-state index contributed by atoms with van der Waals surface area (Å²) in [5.41, 5.74) is 2.36. The molecule has 4 heterocycles. The van der Waals surface area contributed by atoms with E-state index in [0.29, 0.717) is 73.2 Å². The first kappa shape index (κ1) is 31.9. The van der Waals surface area contributed by atoms with E-state index in [1.165, 1.54) is 24.3 Å². The van der Waals surface area contributed by atoms with Gasteiger partial charge in [-0.1, -0.05) is 37.3 Å². The van der Waals surface area contributed by atoms with Crippen LogP contribution in [0.25, 0.3) is 11.4 Å². The van der Waals surface area contributed by atoms with Gasteiger partial charge < -0.3 is 20.4 Å². The minimum Gasteiger partial charge on any atom is -0.351 e. The van der Waals surface area contributed by atoms with E-state index in [9.17, 15) is 18.0 Å². The van der Waals surface area contributed by atoms with Crippen molar-refractivity contribution in [3.63, 3.8) is 0 Å². The number of H-pyrrole nitrogens is 1. The van der Waals surface area contributed by atoms with Gasteiger partial charge >= 0.3 is 0 Å². The van der Waals surface area contributed by atoms with Crippen LogP contribution >= 0.6 is 0 Å². The molecule has 5 aromatic rings. The van der Waals surface area contributed by atoms with Crippen LogP contribution < -0.4 is 15.5 Å². The molecule has 0 atom stereocenters. The van der Waals surface area contributed by atoms with Crippen molar-refractivity contribution in [1.29, 1.82) is 0 Å². The van der Waals surface area contributed by atoms with Crippen LogP contribution in [0.5, 0.6) is 0 Å². The van der Waals surface area contributed by atoms with E-state index < -0.39 is 10.0 Å². The molecule has 1 aliphatic heterocycles. The number of hydrogen-bond acceptors (Lipinski definition) is 11. The Balaban J connectivity index is 1.02. The van der Waals surface area contributed by atoms with E-state index in [2.05, 4.69) is 40.9 Å². The van der Waals surface area contributed by atoms with Crippen LogP contribution in [-0.4, -0.2) is 92.2 Å². The molecule has 1 saturated heterocycles. The van der Waals surface area contributed by atoms with Gasteiger partial charge in [0.1, 0.15) is 17.8 Å². The summed E-state index contributed by atoms with van der Waals surface area (Å²) in [5, 5.41) is 17.6. The molecule has 3 aromatic heterocycles. The highest BCUT2D eigenvalue weighted by Gasteiger charge is 2.27. The fourth-order valence-corrected chi connectivity index (χ4v) is 6.53. The molecule has 7 rings (SSSR count). The number of piperazine rings is 1. The van der Waals surface area contributed by atoms with Gasteiger partial charge in [0.05, 0.1) is 4.90 Å². The van der Waals surface area contributed by atoms with Gasteiger partial charge in [0.2, 0.25) is 5.95 Å². The Bertz CT molecular complexity index is 2070. The van der Waals surface area contributed by atoms with Gasteiger partial charge in [0.25, 0.3) is 21.8 Å². The van der Waals surface area contributed by atoms with Gasteiger partial charge in [-0.3, -0.25) is 14.7 Å².